The van der Waals surface area contributed by atoms with E-state index in [1.54, 1.807) is 0 Å². The van der Waals surface area contributed by atoms with Gasteiger partial charge in [-0.15, -0.1) is 0 Å². The third-order valence-electron chi connectivity index (χ3n) is 2.94. The van der Waals surface area contributed by atoms with Crippen molar-refractivity contribution in [3.63, 3.8) is 0 Å². The fourth-order valence-corrected chi connectivity index (χ4v) is 2.20. The number of hydrogen-bond donors (Lipinski definition) is 3. The molecule has 0 heterocycles. The number of carbonyl (C=O) groups excluding carboxylic acids is 1. The summed E-state index contributed by atoms with van der Waals surface area (Å²) in [7, 11) is 0. The van der Waals surface area contributed by atoms with E-state index in [4.69, 9.17) is 16.7 Å². The summed E-state index contributed by atoms with van der Waals surface area (Å²) < 4.78 is 0. The summed E-state index contributed by atoms with van der Waals surface area (Å²) in [5, 5.41) is 14.4. The van der Waals surface area contributed by atoms with Crippen LogP contribution in [0.25, 0.3) is 0 Å². The molecular formula is C14H19ClN2O3. The largest absolute Gasteiger partial charge is 0.481 e. The molecule has 0 atom stereocenters. The number of halogens is 1. The monoisotopic (exact) mass is 298 g/mol. The van der Waals surface area contributed by atoms with Gasteiger partial charge in [-0.2, -0.15) is 0 Å². The normalized spacial score (nSPS) is 10.2. The summed E-state index contributed by atoms with van der Waals surface area (Å²) in [5.74, 6) is -0.948. The summed E-state index contributed by atoms with van der Waals surface area (Å²) >= 11 is 6.14. The first-order valence-corrected chi connectivity index (χ1v) is 6.94. The van der Waals surface area contributed by atoms with Crippen molar-refractivity contribution in [3.8, 4) is 0 Å². The Kier molecular flexibility index (Phi) is 6.31. The number of aliphatic carboxylic acids is 1. The lowest BCUT2D eigenvalue weighted by molar-refractivity contribution is -0.136. The lowest BCUT2D eigenvalue weighted by Gasteiger charge is -2.16. The summed E-state index contributed by atoms with van der Waals surface area (Å²) in [6, 6.07) is 3.29. The van der Waals surface area contributed by atoms with E-state index < -0.39 is 12.0 Å². The van der Waals surface area contributed by atoms with Crippen LogP contribution in [0.4, 0.5) is 10.5 Å². The number of amides is 2. The molecule has 6 heteroatoms. The number of aryl methyl sites for hydroxylation is 1. The Morgan fingerprint density at radius 3 is 2.50 bits per heavy atom. The standard InChI is InChI=1S/C14H19ClN2O3/c1-3-9-5-6-11(15)10(4-2)13(9)17-14(20)16-8-7-12(18)19/h5-6H,3-4,7-8H2,1-2H3,(H,18,19)(H2,16,17,20). The van der Waals surface area contributed by atoms with Gasteiger partial charge >= 0.3 is 12.0 Å². The minimum Gasteiger partial charge on any atom is -0.481 e. The van der Waals surface area contributed by atoms with Crippen molar-refractivity contribution in [3.05, 3.63) is 28.3 Å². The van der Waals surface area contributed by atoms with E-state index in [1.165, 1.54) is 0 Å². The molecule has 1 rings (SSSR count). The van der Waals surface area contributed by atoms with E-state index in [0.717, 1.165) is 23.2 Å². The van der Waals surface area contributed by atoms with E-state index >= 15 is 0 Å². The minimum atomic E-state index is -0.948. The first-order valence-electron chi connectivity index (χ1n) is 6.56. The predicted octanol–water partition coefficient (Wildman–Crippen LogP) is 3.06. The Balaban J connectivity index is 2.82. The summed E-state index contributed by atoms with van der Waals surface area (Å²) in [6.07, 6.45) is 1.37. The molecule has 110 valence electrons. The molecule has 3 N–H and O–H groups in total. The third-order valence-corrected chi connectivity index (χ3v) is 3.29. The van der Waals surface area contributed by atoms with Gasteiger partial charge in [0.25, 0.3) is 0 Å². The highest BCUT2D eigenvalue weighted by Gasteiger charge is 2.13. The van der Waals surface area contributed by atoms with Crippen LogP contribution in [0.5, 0.6) is 0 Å². The number of carboxylic acids is 1. The maximum atomic E-state index is 11.8. The molecule has 0 aliphatic heterocycles. The van der Waals surface area contributed by atoms with E-state index in [0.29, 0.717) is 11.4 Å². The zero-order valence-electron chi connectivity index (χ0n) is 11.6. The molecule has 0 aliphatic rings. The molecule has 0 bridgehead atoms. The minimum absolute atomic E-state index is 0.0879. The average molecular weight is 299 g/mol. The molecule has 1 aromatic rings. The smallest absolute Gasteiger partial charge is 0.319 e. The highest BCUT2D eigenvalue weighted by Crippen LogP contribution is 2.29. The van der Waals surface area contributed by atoms with Crippen molar-refractivity contribution in [2.45, 2.75) is 33.1 Å². The number of urea groups is 1. The first kappa shape index (κ1) is 16.3. The quantitative estimate of drug-likeness (QED) is 0.755. The van der Waals surface area contributed by atoms with Gasteiger partial charge < -0.3 is 15.7 Å². The van der Waals surface area contributed by atoms with E-state index in [1.807, 2.05) is 26.0 Å². The number of carboxylic acid groups (broad SMARTS) is 1. The van der Waals surface area contributed by atoms with Crippen LogP contribution in [-0.2, 0) is 17.6 Å². The molecule has 0 saturated heterocycles. The Morgan fingerprint density at radius 1 is 1.25 bits per heavy atom. The van der Waals surface area contributed by atoms with Gasteiger partial charge in [-0.05, 0) is 30.0 Å². The topological polar surface area (TPSA) is 78.4 Å². The Bertz CT molecular complexity index is 503. The number of benzene rings is 1. The summed E-state index contributed by atoms with van der Waals surface area (Å²) in [5.41, 5.74) is 2.61. The van der Waals surface area contributed by atoms with Gasteiger partial charge in [0.05, 0.1) is 12.1 Å². The Hall–Kier alpha value is -1.75. The highest BCUT2D eigenvalue weighted by atomic mass is 35.5. The second-order valence-electron chi connectivity index (χ2n) is 4.29. The van der Waals surface area contributed by atoms with Crippen LogP contribution in [0.2, 0.25) is 5.02 Å². The predicted molar refractivity (Wildman–Crippen MR) is 79.5 cm³/mol. The molecule has 0 spiro atoms. The van der Waals surface area contributed by atoms with E-state index in [-0.39, 0.29) is 13.0 Å². The second-order valence-corrected chi connectivity index (χ2v) is 4.70. The molecule has 0 fully saturated rings. The van der Waals surface area contributed by atoms with Crippen LogP contribution in [0, 0.1) is 0 Å². The van der Waals surface area contributed by atoms with E-state index in [2.05, 4.69) is 10.6 Å². The molecule has 0 unspecified atom stereocenters. The molecular weight excluding hydrogens is 280 g/mol. The number of hydrogen-bond acceptors (Lipinski definition) is 2. The number of carbonyl (C=O) groups is 2. The fraction of sp³-hybridized carbons (Fsp3) is 0.429. The average Bonchev–Trinajstić information content (AvgIpc) is 2.39. The number of nitrogens with one attached hydrogen (secondary N) is 2. The SMILES string of the molecule is CCc1ccc(Cl)c(CC)c1NC(=O)NCCC(=O)O. The van der Waals surface area contributed by atoms with Crippen LogP contribution in [0.3, 0.4) is 0 Å². The second kappa shape index (κ2) is 7.75. The van der Waals surface area contributed by atoms with Gasteiger partial charge in [0.1, 0.15) is 0 Å². The van der Waals surface area contributed by atoms with Gasteiger partial charge in [-0.3, -0.25) is 4.79 Å². The summed E-state index contributed by atoms with van der Waals surface area (Å²) in [4.78, 5) is 22.2. The van der Waals surface area contributed by atoms with Crippen molar-refractivity contribution in [2.75, 3.05) is 11.9 Å². The van der Waals surface area contributed by atoms with Crippen molar-refractivity contribution in [1.82, 2.24) is 5.32 Å². The Labute approximate surface area is 123 Å². The van der Waals surface area contributed by atoms with Gasteiger partial charge in [0.15, 0.2) is 0 Å². The maximum Gasteiger partial charge on any atom is 0.319 e. The fourth-order valence-electron chi connectivity index (χ4n) is 1.91. The van der Waals surface area contributed by atoms with Gasteiger partial charge in [-0.25, -0.2) is 4.79 Å². The number of rotatable bonds is 6. The zero-order chi connectivity index (χ0) is 15.1. The molecule has 20 heavy (non-hydrogen) atoms. The third kappa shape index (κ3) is 4.42. The van der Waals surface area contributed by atoms with Crippen LogP contribution in [0.1, 0.15) is 31.4 Å². The lowest BCUT2D eigenvalue weighted by atomic mass is 10.0. The lowest BCUT2D eigenvalue weighted by Crippen LogP contribution is -2.31. The maximum absolute atomic E-state index is 11.8. The Morgan fingerprint density at radius 2 is 1.95 bits per heavy atom. The van der Waals surface area contributed by atoms with Crippen molar-refractivity contribution < 1.29 is 14.7 Å². The van der Waals surface area contributed by atoms with Crippen LogP contribution < -0.4 is 10.6 Å². The highest BCUT2D eigenvalue weighted by molar-refractivity contribution is 6.31. The first-order chi connectivity index (χ1) is 9.49. The van der Waals surface area contributed by atoms with Crippen LogP contribution in [-0.4, -0.2) is 23.7 Å². The van der Waals surface area contributed by atoms with Crippen LogP contribution in [0.15, 0.2) is 12.1 Å². The van der Waals surface area contributed by atoms with Gasteiger partial charge in [0.2, 0.25) is 0 Å². The molecule has 0 radical (unpaired) electrons. The summed E-state index contributed by atoms with van der Waals surface area (Å²) in [6.45, 7) is 4.05. The van der Waals surface area contributed by atoms with Gasteiger partial charge in [0, 0.05) is 11.6 Å². The van der Waals surface area contributed by atoms with E-state index in [9.17, 15) is 9.59 Å². The molecule has 0 aromatic heterocycles. The molecule has 5 nitrogen and oxygen atoms in total. The zero-order valence-corrected chi connectivity index (χ0v) is 12.4. The number of anilines is 1. The molecule has 1 aromatic carbocycles. The van der Waals surface area contributed by atoms with Crippen molar-refractivity contribution in [2.24, 2.45) is 0 Å². The van der Waals surface area contributed by atoms with Gasteiger partial charge in [-0.1, -0.05) is 31.5 Å². The molecule has 2 amide bonds. The van der Waals surface area contributed by atoms with Crippen LogP contribution >= 0.6 is 11.6 Å². The molecule has 0 saturated carbocycles. The van der Waals surface area contributed by atoms with Crippen molar-refractivity contribution >= 4 is 29.3 Å². The van der Waals surface area contributed by atoms with Crippen molar-refractivity contribution in [1.29, 1.82) is 0 Å². The molecule has 0 aliphatic carbocycles.